The Labute approximate surface area is 117 Å². The second-order valence-electron chi connectivity index (χ2n) is 4.57. The molecular weight excluding hydrogens is 246 g/mol. The van der Waals surface area contributed by atoms with E-state index in [1.165, 1.54) is 0 Å². The van der Waals surface area contributed by atoms with Crippen LogP contribution in [0.15, 0.2) is 0 Å². The van der Waals surface area contributed by atoms with Gasteiger partial charge in [0.05, 0.1) is 19.8 Å². The van der Waals surface area contributed by atoms with Gasteiger partial charge in [-0.2, -0.15) is 0 Å². The minimum absolute atomic E-state index is 0.185. The molecule has 0 rings (SSSR count). The topological polar surface area (TPSA) is 56.8 Å². The number of ether oxygens (including phenoxy) is 3. The van der Waals surface area contributed by atoms with E-state index >= 15 is 0 Å². The second-order valence-corrected chi connectivity index (χ2v) is 4.57. The molecule has 5 heteroatoms. The van der Waals surface area contributed by atoms with Crippen molar-refractivity contribution in [2.75, 3.05) is 40.1 Å². The number of esters is 1. The van der Waals surface area contributed by atoms with Crippen molar-refractivity contribution in [3.05, 3.63) is 0 Å². The lowest BCUT2D eigenvalue weighted by molar-refractivity contribution is -0.150. The molecule has 1 unspecified atom stereocenters. The Morgan fingerprint density at radius 3 is 2.32 bits per heavy atom. The molecule has 0 saturated carbocycles. The molecule has 0 aromatic heterocycles. The van der Waals surface area contributed by atoms with Crippen molar-refractivity contribution >= 4 is 5.97 Å². The third-order valence-corrected chi connectivity index (χ3v) is 3.07. The van der Waals surface area contributed by atoms with E-state index in [0.29, 0.717) is 26.4 Å². The smallest absolute Gasteiger partial charge is 0.326 e. The third kappa shape index (κ3) is 8.18. The van der Waals surface area contributed by atoms with Crippen LogP contribution in [0.4, 0.5) is 0 Å². The highest BCUT2D eigenvalue weighted by Crippen LogP contribution is 2.15. The van der Waals surface area contributed by atoms with Gasteiger partial charge in [0.2, 0.25) is 0 Å². The van der Waals surface area contributed by atoms with Gasteiger partial charge in [0.15, 0.2) is 0 Å². The molecule has 114 valence electrons. The maximum absolute atomic E-state index is 11.8. The first-order valence-electron chi connectivity index (χ1n) is 7.12. The quantitative estimate of drug-likeness (QED) is 0.434. The van der Waals surface area contributed by atoms with Gasteiger partial charge in [-0.05, 0) is 47.1 Å². The lowest BCUT2D eigenvalue weighted by Gasteiger charge is -2.26. The molecule has 0 fully saturated rings. The van der Waals surface area contributed by atoms with Crippen molar-refractivity contribution in [3.63, 3.8) is 0 Å². The maximum Gasteiger partial charge on any atom is 0.326 e. The number of likely N-dealkylation sites (N-methyl/N-ethyl adjacent to an activating group) is 1. The summed E-state index contributed by atoms with van der Waals surface area (Å²) in [5.41, 5.74) is -0.596. The number of hydrogen-bond donors (Lipinski definition) is 1. The van der Waals surface area contributed by atoms with Crippen LogP contribution in [0.1, 0.15) is 40.0 Å². The number of unbranched alkanes of at least 4 members (excludes halogenated alkanes) is 1. The van der Waals surface area contributed by atoms with Crippen molar-refractivity contribution in [1.82, 2.24) is 5.32 Å². The van der Waals surface area contributed by atoms with Crippen molar-refractivity contribution < 1.29 is 19.0 Å². The van der Waals surface area contributed by atoms with Crippen LogP contribution in [0, 0.1) is 0 Å². The zero-order chi connectivity index (χ0) is 14.6. The summed E-state index contributed by atoms with van der Waals surface area (Å²) >= 11 is 0. The van der Waals surface area contributed by atoms with Crippen molar-refractivity contribution in [2.24, 2.45) is 0 Å². The molecule has 0 saturated heterocycles. The molecule has 19 heavy (non-hydrogen) atoms. The number of nitrogens with one attached hydrogen (secondary N) is 1. The lowest BCUT2D eigenvalue weighted by Crippen LogP contribution is -2.48. The van der Waals surface area contributed by atoms with Crippen molar-refractivity contribution in [1.29, 1.82) is 0 Å². The molecule has 0 amide bonds. The first-order chi connectivity index (χ1) is 9.10. The number of carbonyl (C=O) groups excluding carboxylic acids is 1. The molecule has 5 nitrogen and oxygen atoms in total. The molecule has 0 aromatic rings. The van der Waals surface area contributed by atoms with Gasteiger partial charge in [0.1, 0.15) is 5.54 Å². The summed E-state index contributed by atoms with van der Waals surface area (Å²) in [7, 11) is 1.79. The molecule has 0 aliphatic heterocycles. The second kappa shape index (κ2) is 11.2. The molecule has 0 bridgehead atoms. The van der Waals surface area contributed by atoms with Crippen LogP contribution in [0.25, 0.3) is 0 Å². The summed E-state index contributed by atoms with van der Waals surface area (Å²) in [4.78, 5) is 11.8. The minimum atomic E-state index is -0.596. The van der Waals surface area contributed by atoms with Gasteiger partial charge >= 0.3 is 5.97 Å². The summed E-state index contributed by atoms with van der Waals surface area (Å²) in [6.45, 7) is 8.79. The van der Waals surface area contributed by atoms with Crippen LogP contribution >= 0.6 is 0 Å². The minimum Gasteiger partial charge on any atom is -0.465 e. The average Bonchev–Trinajstić information content (AvgIpc) is 2.41. The Bertz CT molecular complexity index is 235. The van der Waals surface area contributed by atoms with E-state index in [1.54, 1.807) is 7.05 Å². The standard InChI is InChI=1S/C14H29NO4/c1-5-17-11-12-18-10-8-7-9-14(3,15-4)13(16)19-6-2/h15H,5-12H2,1-4H3. The monoisotopic (exact) mass is 275 g/mol. The maximum atomic E-state index is 11.8. The normalized spacial score (nSPS) is 14.1. The highest BCUT2D eigenvalue weighted by Gasteiger charge is 2.31. The zero-order valence-corrected chi connectivity index (χ0v) is 12.8. The van der Waals surface area contributed by atoms with Crippen LogP contribution in [0.5, 0.6) is 0 Å². The average molecular weight is 275 g/mol. The summed E-state index contributed by atoms with van der Waals surface area (Å²) in [6, 6.07) is 0. The summed E-state index contributed by atoms with van der Waals surface area (Å²) in [5.74, 6) is -0.185. The third-order valence-electron chi connectivity index (χ3n) is 3.07. The van der Waals surface area contributed by atoms with Crippen LogP contribution in [0.2, 0.25) is 0 Å². The molecule has 0 radical (unpaired) electrons. The van der Waals surface area contributed by atoms with Crippen molar-refractivity contribution in [3.8, 4) is 0 Å². The van der Waals surface area contributed by atoms with E-state index in [2.05, 4.69) is 5.32 Å². The van der Waals surface area contributed by atoms with Gasteiger partial charge in [-0.1, -0.05) is 0 Å². The Kier molecular flexibility index (Phi) is 10.8. The van der Waals surface area contributed by atoms with E-state index in [9.17, 15) is 4.79 Å². The predicted octanol–water partition coefficient (Wildman–Crippen LogP) is 1.75. The molecule has 0 heterocycles. The molecule has 1 N–H and O–H groups in total. The highest BCUT2D eigenvalue weighted by atomic mass is 16.5. The number of rotatable bonds is 12. The summed E-state index contributed by atoms with van der Waals surface area (Å²) in [6.07, 6.45) is 2.60. The van der Waals surface area contributed by atoms with Crippen LogP contribution in [-0.4, -0.2) is 51.6 Å². The van der Waals surface area contributed by atoms with Gasteiger partial charge in [-0.25, -0.2) is 0 Å². The van der Waals surface area contributed by atoms with Gasteiger partial charge in [-0.3, -0.25) is 4.79 Å². The summed E-state index contributed by atoms with van der Waals surface area (Å²) in [5, 5.41) is 3.05. The molecule has 0 aliphatic rings. The number of hydrogen-bond acceptors (Lipinski definition) is 5. The van der Waals surface area contributed by atoms with Gasteiger partial charge in [0, 0.05) is 13.2 Å². The predicted molar refractivity (Wildman–Crippen MR) is 75.3 cm³/mol. The van der Waals surface area contributed by atoms with E-state index in [1.807, 2.05) is 20.8 Å². The van der Waals surface area contributed by atoms with E-state index in [0.717, 1.165) is 25.9 Å². The fourth-order valence-corrected chi connectivity index (χ4v) is 1.67. The van der Waals surface area contributed by atoms with E-state index in [4.69, 9.17) is 14.2 Å². The molecule has 1 atom stereocenters. The Morgan fingerprint density at radius 1 is 1.05 bits per heavy atom. The summed E-state index contributed by atoms with van der Waals surface area (Å²) < 4.78 is 15.7. The highest BCUT2D eigenvalue weighted by molar-refractivity contribution is 5.80. The zero-order valence-electron chi connectivity index (χ0n) is 12.8. The Morgan fingerprint density at radius 2 is 1.74 bits per heavy atom. The van der Waals surface area contributed by atoms with Gasteiger partial charge in [-0.15, -0.1) is 0 Å². The van der Waals surface area contributed by atoms with Crippen LogP contribution < -0.4 is 5.32 Å². The molecular formula is C14H29NO4. The largest absolute Gasteiger partial charge is 0.465 e. The van der Waals surface area contributed by atoms with E-state index in [-0.39, 0.29) is 5.97 Å². The van der Waals surface area contributed by atoms with Crippen molar-refractivity contribution in [2.45, 2.75) is 45.6 Å². The van der Waals surface area contributed by atoms with Gasteiger partial charge in [0.25, 0.3) is 0 Å². The first-order valence-corrected chi connectivity index (χ1v) is 7.12. The first kappa shape index (κ1) is 18.4. The van der Waals surface area contributed by atoms with Crippen LogP contribution in [-0.2, 0) is 19.0 Å². The Balaban J connectivity index is 3.69. The van der Waals surface area contributed by atoms with Gasteiger partial charge < -0.3 is 19.5 Å². The molecule has 0 aliphatic carbocycles. The number of carbonyl (C=O) groups is 1. The fourth-order valence-electron chi connectivity index (χ4n) is 1.67. The van der Waals surface area contributed by atoms with E-state index < -0.39 is 5.54 Å². The lowest BCUT2D eigenvalue weighted by atomic mass is 9.95. The Hall–Kier alpha value is -0.650. The fraction of sp³-hybridized carbons (Fsp3) is 0.929. The molecule has 0 spiro atoms. The SMILES string of the molecule is CCOCCOCCCCC(C)(NC)C(=O)OCC. The molecule has 0 aromatic carbocycles. The van der Waals surface area contributed by atoms with Crippen LogP contribution in [0.3, 0.4) is 0 Å².